The quantitative estimate of drug-likeness (QED) is 0.797. The summed E-state index contributed by atoms with van der Waals surface area (Å²) in [5, 5.41) is 3.60. The average Bonchev–Trinajstić information content (AvgIpc) is 2.49. The van der Waals surface area contributed by atoms with E-state index < -0.39 is 0 Å². The summed E-state index contributed by atoms with van der Waals surface area (Å²) in [6.07, 6.45) is 1.17. The SMILES string of the molecule is CC(CCNC(C)c1ccccc1)c1ccccc1. The van der Waals surface area contributed by atoms with E-state index in [0.29, 0.717) is 12.0 Å². The van der Waals surface area contributed by atoms with Crippen molar-refractivity contribution in [3.63, 3.8) is 0 Å². The van der Waals surface area contributed by atoms with Crippen molar-refractivity contribution in [1.29, 1.82) is 0 Å². The first-order valence-electron chi connectivity index (χ1n) is 7.10. The van der Waals surface area contributed by atoms with Crippen LogP contribution < -0.4 is 5.32 Å². The van der Waals surface area contributed by atoms with Gasteiger partial charge < -0.3 is 5.32 Å². The molecule has 0 heterocycles. The Morgan fingerprint density at radius 1 is 0.789 bits per heavy atom. The van der Waals surface area contributed by atoms with E-state index in [2.05, 4.69) is 79.8 Å². The van der Waals surface area contributed by atoms with Gasteiger partial charge in [-0.25, -0.2) is 0 Å². The predicted molar refractivity (Wildman–Crippen MR) is 82.3 cm³/mol. The maximum absolute atomic E-state index is 3.60. The second-order valence-electron chi connectivity index (χ2n) is 5.19. The molecule has 0 saturated carbocycles. The van der Waals surface area contributed by atoms with Crippen molar-refractivity contribution in [3.05, 3.63) is 71.8 Å². The monoisotopic (exact) mass is 253 g/mol. The highest BCUT2D eigenvalue weighted by Gasteiger charge is 2.07. The molecule has 0 aliphatic rings. The van der Waals surface area contributed by atoms with Crippen LogP contribution in [0.4, 0.5) is 0 Å². The summed E-state index contributed by atoms with van der Waals surface area (Å²) >= 11 is 0. The maximum atomic E-state index is 3.60. The lowest BCUT2D eigenvalue weighted by atomic mass is 9.98. The van der Waals surface area contributed by atoms with E-state index in [4.69, 9.17) is 0 Å². The second kappa shape index (κ2) is 7.10. The molecule has 2 atom stereocenters. The molecule has 0 aliphatic carbocycles. The van der Waals surface area contributed by atoms with Crippen LogP contribution in [0, 0.1) is 0 Å². The molecule has 100 valence electrons. The molecule has 1 nitrogen and oxygen atoms in total. The zero-order valence-electron chi connectivity index (χ0n) is 11.8. The molecule has 0 saturated heterocycles. The Balaban J connectivity index is 1.78. The first kappa shape index (κ1) is 13.8. The van der Waals surface area contributed by atoms with Crippen LogP contribution in [0.15, 0.2) is 60.7 Å². The number of hydrogen-bond acceptors (Lipinski definition) is 1. The van der Waals surface area contributed by atoms with Crippen LogP contribution in [0.1, 0.15) is 43.4 Å². The van der Waals surface area contributed by atoms with E-state index in [9.17, 15) is 0 Å². The molecular weight excluding hydrogens is 230 g/mol. The Hall–Kier alpha value is -1.60. The van der Waals surface area contributed by atoms with Crippen molar-refractivity contribution < 1.29 is 0 Å². The van der Waals surface area contributed by atoms with Crippen LogP contribution in [0.25, 0.3) is 0 Å². The molecular formula is C18H23N. The fourth-order valence-electron chi connectivity index (χ4n) is 2.32. The van der Waals surface area contributed by atoms with Crippen LogP contribution in [-0.2, 0) is 0 Å². The predicted octanol–water partition coefficient (Wildman–Crippen LogP) is 4.53. The van der Waals surface area contributed by atoms with Gasteiger partial charge in [-0.1, -0.05) is 67.6 Å². The Bertz CT molecular complexity index is 418. The Morgan fingerprint density at radius 3 is 1.89 bits per heavy atom. The largest absolute Gasteiger partial charge is 0.310 e. The lowest BCUT2D eigenvalue weighted by molar-refractivity contribution is 0.531. The van der Waals surface area contributed by atoms with Crippen molar-refractivity contribution in [2.45, 2.75) is 32.2 Å². The molecule has 0 bridgehead atoms. The molecule has 0 aliphatic heterocycles. The van der Waals surface area contributed by atoms with Gasteiger partial charge in [0.2, 0.25) is 0 Å². The van der Waals surface area contributed by atoms with Gasteiger partial charge in [-0.2, -0.15) is 0 Å². The van der Waals surface area contributed by atoms with E-state index in [1.807, 2.05) is 0 Å². The third-order valence-corrected chi connectivity index (χ3v) is 3.70. The molecule has 2 unspecified atom stereocenters. The van der Waals surface area contributed by atoms with E-state index in [1.54, 1.807) is 0 Å². The van der Waals surface area contributed by atoms with Gasteiger partial charge in [0.25, 0.3) is 0 Å². The average molecular weight is 253 g/mol. The van der Waals surface area contributed by atoms with E-state index in [1.165, 1.54) is 17.5 Å². The lowest BCUT2D eigenvalue weighted by Gasteiger charge is -2.17. The van der Waals surface area contributed by atoms with Crippen LogP contribution in [0.5, 0.6) is 0 Å². The summed E-state index contributed by atoms with van der Waals surface area (Å²) in [4.78, 5) is 0. The summed E-state index contributed by atoms with van der Waals surface area (Å²) < 4.78 is 0. The second-order valence-corrected chi connectivity index (χ2v) is 5.19. The highest BCUT2D eigenvalue weighted by Crippen LogP contribution is 2.18. The van der Waals surface area contributed by atoms with Crippen molar-refractivity contribution in [1.82, 2.24) is 5.32 Å². The Kier molecular flexibility index (Phi) is 5.17. The lowest BCUT2D eigenvalue weighted by Crippen LogP contribution is -2.21. The number of nitrogens with one attached hydrogen (secondary N) is 1. The minimum absolute atomic E-state index is 0.421. The molecule has 0 fully saturated rings. The van der Waals surface area contributed by atoms with Crippen molar-refractivity contribution in [2.24, 2.45) is 0 Å². The van der Waals surface area contributed by atoms with Crippen LogP contribution >= 0.6 is 0 Å². The highest BCUT2D eigenvalue weighted by molar-refractivity contribution is 5.19. The first-order valence-corrected chi connectivity index (χ1v) is 7.10. The molecule has 19 heavy (non-hydrogen) atoms. The van der Waals surface area contributed by atoms with E-state index >= 15 is 0 Å². The summed E-state index contributed by atoms with van der Waals surface area (Å²) in [5.74, 6) is 0.608. The number of hydrogen-bond donors (Lipinski definition) is 1. The molecule has 0 radical (unpaired) electrons. The van der Waals surface area contributed by atoms with E-state index in [0.717, 1.165) is 6.54 Å². The first-order chi connectivity index (χ1) is 9.27. The van der Waals surface area contributed by atoms with Crippen molar-refractivity contribution in [2.75, 3.05) is 6.54 Å². The molecule has 1 heteroatoms. The zero-order chi connectivity index (χ0) is 13.5. The summed E-state index contributed by atoms with van der Waals surface area (Å²) in [6, 6.07) is 21.8. The normalized spacial score (nSPS) is 14.0. The third kappa shape index (κ3) is 4.22. The smallest absolute Gasteiger partial charge is 0.0291 e. The van der Waals surface area contributed by atoms with Gasteiger partial charge in [-0.15, -0.1) is 0 Å². The molecule has 2 rings (SSSR count). The molecule has 0 aromatic heterocycles. The topological polar surface area (TPSA) is 12.0 Å². The molecule has 2 aromatic carbocycles. The van der Waals surface area contributed by atoms with Gasteiger partial charge in [0, 0.05) is 6.04 Å². The third-order valence-electron chi connectivity index (χ3n) is 3.70. The Labute approximate surface area is 116 Å². The summed E-state index contributed by atoms with van der Waals surface area (Å²) in [6.45, 7) is 5.57. The highest BCUT2D eigenvalue weighted by atomic mass is 14.9. The molecule has 2 aromatic rings. The number of benzene rings is 2. The van der Waals surface area contributed by atoms with Gasteiger partial charge in [-0.3, -0.25) is 0 Å². The fourth-order valence-corrected chi connectivity index (χ4v) is 2.32. The van der Waals surface area contributed by atoms with Crippen molar-refractivity contribution in [3.8, 4) is 0 Å². The molecule has 0 amide bonds. The fraction of sp³-hybridized carbons (Fsp3) is 0.333. The van der Waals surface area contributed by atoms with Crippen molar-refractivity contribution >= 4 is 0 Å². The Morgan fingerprint density at radius 2 is 1.32 bits per heavy atom. The summed E-state index contributed by atoms with van der Waals surface area (Å²) in [5.41, 5.74) is 2.78. The minimum Gasteiger partial charge on any atom is -0.310 e. The maximum Gasteiger partial charge on any atom is 0.0291 e. The van der Waals surface area contributed by atoms with Crippen LogP contribution in [0.2, 0.25) is 0 Å². The van der Waals surface area contributed by atoms with Crippen LogP contribution in [0.3, 0.4) is 0 Å². The standard InChI is InChI=1S/C18H23N/c1-15(17-9-5-3-6-10-17)13-14-19-16(2)18-11-7-4-8-12-18/h3-12,15-16,19H,13-14H2,1-2H3. The number of rotatable bonds is 6. The summed E-state index contributed by atoms with van der Waals surface area (Å²) in [7, 11) is 0. The van der Waals surface area contributed by atoms with Crippen LogP contribution in [-0.4, -0.2) is 6.54 Å². The van der Waals surface area contributed by atoms with Gasteiger partial charge in [0.15, 0.2) is 0 Å². The van der Waals surface area contributed by atoms with Gasteiger partial charge in [0.1, 0.15) is 0 Å². The van der Waals surface area contributed by atoms with Gasteiger partial charge >= 0.3 is 0 Å². The molecule has 0 spiro atoms. The molecule has 1 N–H and O–H groups in total. The minimum atomic E-state index is 0.421. The van der Waals surface area contributed by atoms with Gasteiger partial charge in [-0.05, 0) is 36.9 Å². The zero-order valence-corrected chi connectivity index (χ0v) is 11.8. The van der Waals surface area contributed by atoms with E-state index in [-0.39, 0.29) is 0 Å². The van der Waals surface area contributed by atoms with Gasteiger partial charge in [0.05, 0.1) is 0 Å².